The molecule has 1 aromatic rings. The molecule has 0 aliphatic heterocycles. The molecule has 0 aromatic carbocycles. The van der Waals surface area contributed by atoms with Crippen molar-refractivity contribution in [3.63, 3.8) is 0 Å². The molecule has 0 radical (unpaired) electrons. The largest absolute Gasteiger partial charge is 0.611 e. The molecule has 1 aromatic heterocycles. The predicted octanol–water partition coefficient (Wildman–Crippen LogP) is -0.848. The van der Waals surface area contributed by atoms with Crippen LogP contribution in [0.15, 0.2) is 16.5 Å². The van der Waals surface area contributed by atoms with Crippen molar-refractivity contribution < 1.29 is 14.3 Å². The van der Waals surface area contributed by atoms with Crippen LogP contribution in [-0.4, -0.2) is 6.61 Å². The van der Waals surface area contributed by atoms with Gasteiger partial charge in [0.2, 0.25) is 0 Å². The molecule has 0 unspecified atom stereocenters. The molecule has 0 bridgehead atoms. The van der Waals surface area contributed by atoms with Crippen LogP contribution in [0.5, 0.6) is 0 Å². The molecule has 3 nitrogen and oxygen atoms in total. The molecule has 1 rings (SSSR count). The second-order valence-corrected chi connectivity index (χ2v) is 1.99. The highest BCUT2D eigenvalue weighted by molar-refractivity contribution is 5.18. The summed E-state index contributed by atoms with van der Waals surface area (Å²) in [6.45, 7) is 5.60. The lowest BCUT2D eigenvalue weighted by Gasteiger charge is -2.09. The predicted molar refractivity (Wildman–Crippen MR) is 38.5 cm³/mol. The number of ether oxygens (including phenoxy) is 1. The second-order valence-electron chi connectivity index (χ2n) is 1.99. The van der Waals surface area contributed by atoms with Gasteiger partial charge in [0, 0.05) is 0 Å². The lowest BCUT2D eigenvalue weighted by atomic mass is 10.6. The van der Waals surface area contributed by atoms with Gasteiger partial charge in [0.25, 0.3) is 0 Å². The fraction of sp³-hybridized carbons (Fsp3) is 0.250. The minimum Gasteiger partial charge on any atom is -0.611 e. The van der Waals surface area contributed by atoms with Crippen molar-refractivity contribution in [3.8, 4) is 0 Å². The van der Waals surface area contributed by atoms with E-state index in [0.717, 1.165) is 0 Å². The van der Waals surface area contributed by atoms with Gasteiger partial charge in [-0.05, 0) is 18.7 Å². The maximum atomic E-state index is 10.9. The Morgan fingerprint density at radius 2 is 2.45 bits per heavy atom. The van der Waals surface area contributed by atoms with Gasteiger partial charge in [0.1, 0.15) is 10.8 Å². The molecular formula is C8H9O3-. The van der Waals surface area contributed by atoms with Crippen molar-refractivity contribution in [1.82, 2.24) is 0 Å². The van der Waals surface area contributed by atoms with E-state index < -0.39 is 5.95 Å². The fourth-order valence-corrected chi connectivity index (χ4v) is 0.690. The van der Waals surface area contributed by atoms with E-state index in [2.05, 4.69) is 11.3 Å². The van der Waals surface area contributed by atoms with Gasteiger partial charge in [-0.15, -0.1) is 0 Å². The summed E-state index contributed by atoms with van der Waals surface area (Å²) in [6.07, 6.45) is 0. The topological polar surface area (TPSA) is 45.4 Å². The van der Waals surface area contributed by atoms with Crippen LogP contribution in [0.4, 0.5) is 0 Å². The average molecular weight is 153 g/mol. The minimum absolute atomic E-state index is 0.205. The van der Waals surface area contributed by atoms with Crippen LogP contribution in [-0.2, 0) is 4.74 Å². The van der Waals surface area contributed by atoms with Gasteiger partial charge in [0.15, 0.2) is 0 Å². The van der Waals surface area contributed by atoms with E-state index in [1.807, 2.05) is 0 Å². The van der Waals surface area contributed by atoms with Gasteiger partial charge in [-0.3, -0.25) is 0 Å². The lowest BCUT2D eigenvalue weighted by molar-refractivity contribution is -0.292. The normalized spacial score (nSPS) is 12.8. The Labute approximate surface area is 64.2 Å². The van der Waals surface area contributed by atoms with Crippen LogP contribution >= 0.6 is 0 Å². The molecule has 0 aliphatic rings. The Morgan fingerprint density at radius 3 is 2.91 bits per heavy atom. The Bertz CT molecular complexity index is 323. The molecular weight excluding hydrogens is 144 g/mol. The van der Waals surface area contributed by atoms with Gasteiger partial charge in [-0.25, -0.2) is 0 Å². The summed E-state index contributed by atoms with van der Waals surface area (Å²) in [5.74, 6) is -0.442. The number of hydrogen-bond acceptors (Lipinski definition) is 3. The first-order valence-corrected chi connectivity index (χ1v) is 3.33. The highest BCUT2D eigenvalue weighted by Crippen LogP contribution is 1.82. The third kappa shape index (κ3) is 1.77. The van der Waals surface area contributed by atoms with Gasteiger partial charge >= 0.3 is 0 Å². The fourth-order valence-electron chi connectivity index (χ4n) is 0.690. The third-order valence-corrected chi connectivity index (χ3v) is 1.14. The van der Waals surface area contributed by atoms with Crippen LogP contribution in [0, 0.1) is 0 Å². The van der Waals surface area contributed by atoms with Gasteiger partial charge in [0.05, 0.1) is 5.95 Å². The molecule has 60 valence electrons. The van der Waals surface area contributed by atoms with Crippen molar-refractivity contribution in [2.75, 3.05) is 6.61 Å². The first-order valence-electron chi connectivity index (χ1n) is 3.33. The Hall–Kier alpha value is -1.38. The molecule has 1 heterocycles. The van der Waals surface area contributed by atoms with Crippen LogP contribution < -0.4 is 15.9 Å². The summed E-state index contributed by atoms with van der Waals surface area (Å²) < 4.78 is 9.59. The van der Waals surface area contributed by atoms with Crippen LogP contribution in [0.25, 0.3) is 12.5 Å². The van der Waals surface area contributed by atoms with Crippen molar-refractivity contribution >= 4 is 12.5 Å². The Balaban J connectivity index is 3.05. The third-order valence-electron chi connectivity index (χ3n) is 1.14. The Morgan fingerprint density at radius 1 is 1.73 bits per heavy atom. The molecule has 0 saturated carbocycles. The van der Waals surface area contributed by atoms with Crippen molar-refractivity contribution in [2.24, 2.45) is 0 Å². The average Bonchev–Trinajstić information content (AvgIpc) is 2.36. The Kier molecular flexibility index (Phi) is 2.21. The van der Waals surface area contributed by atoms with Gasteiger partial charge in [-0.2, -0.15) is 0 Å². The highest BCUT2D eigenvalue weighted by Gasteiger charge is 1.86. The summed E-state index contributed by atoms with van der Waals surface area (Å²) in [4.78, 5) is 0. The SMILES string of the molecule is C=c1cc/c(=C(\[O-])OCC)o1. The molecule has 0 saturated heterocycles. The number of hydrogen-bond donors (Lipinski definition) is 0. The second kappa shape index (κ2) is 3.14. The van der Waals surface area contributed by atoms with Crippen LogP contribution in [0.1, 0.15) is 6.92 Å². The number of rotatable bonds is 2. The lowest BCUT2D eigenvalue weighted by Crippen LogP contribution is -2.17. The van der Waals surface area contributed by atoms with E-state index in [1.165, 1.54) is 0 Å². The first kappa shape index (κ1) is 7.72. The van der Waals surface area contributed by atoms with Crippen LogP contribution in [0.3, 0.4) is 0 Å². The minimum atomic E-state index is -0.442. The van der Waals surface area contributed by atoms with E-state index in [4.69, 9.17) is 4.42 Å². The summed E-state index contributed by atoms with van der Waals surface area (Å²) in [5.41, 5.74) is 0.671. The van der Waals surface area contributed by atoms with Crippen molar-refractivity contribution in [1.29, 1.82) is 0 Å². The molecule has 0 atom stereocenters. The monoisotopic (exact) mass is 153 g/mol. The van der Waals surface area contributed by atoms with Gasteiger partial charge < -0.3 is 14.3 Å². The highest BCUT2D eigenvalue weighted by atomic mass is 16.6. The van der Waals surface area contributed by atoms with Gasteiger partial charge in [-0.1, -0.05) is 13.5 Å². The summed E-state index contributed by atoms with van der Waals surface area (Å²) in [5, 5.41) is 10.9. The zero-order valence-electron chi connectivity index (χ0n) is 6.29. The van der Waals surface area contributed by atoms with E-state index in [9.17, 15) is 5.11 Å². The molecule has 0 fully saturated rings. The maximum Gasteiger partial charge on any atom is 0.149 e. The van der Waals surface area contributed by atoms with E-state index in [0.29, 0.717) is 12.0 Å². The van der Waals surface area contributed by atoms with E-state index >= 15 is 0 Å². The standard InChI is InChI=1S/C8H10O3/c1-3-10-8(9)7-5-4-6(2)11-7/h4-5,9H,2-3H2,1H3/p-1/b8-7-. The quantitative estimate of drug-likeness (QED) is 0.556. The molecule has 3 heteroatoms. The first-order chi connectivity index (χ1) is 5.24. The van der Waals surface area contributed by atoms with Crippen LogP contribution in [0.2, 0.25) is 0 Å². The summed E-state index contributed by atoms with van der Waals surface area (Å²) in [6, 6.07) is 3.16. The van der Waals surface area contributed by atoms with Crippen molar-refractivity contribution in [2.45, 2.75) is 6.92 Å². The van der Waals surface area contributed by atoms with E-state index in [1.54, 1.807) is 19.1 Å². The molecule has 11 heavy (non-hydrogen) atoms. The smallest absolute Gasteiger partial charge is 0.149 e. The molecule has 0 aliphatic carbocycles. The molecule has 0 amide bonds. The molecule has 0 N–H and O–H groups in total. The zero-order valence-corrected chi connectivity index (χ0v) is 6.29. The molecule has 0 spiro atoms. The summed E-state index contributed by atoms with van der Waals surface area (Å²) in [7, 11) is 0. The van der Waals surface area contributed by atoms with E-state index in [-0.39, 0.29) is 5.42 Å². The van der Waals surface area contributed by atoms with Crippen molar-refractivity contribution in [3.05, 3.63) is 23.0 Å². The summed E-state index contributed by atoms with van der Waals surface area (Å²) >= 11 is 0. The number of furan rings is 1. The zero-order chi connectivity index (χ0) is 8.27. The maximum absolute atomic E-state index is 10.9.